The summed E-state index contributed by atoms with van der Waals surface area (Å²) in [6, 6.07) is 5.72. The van der Waals surface area contributed by atoms with Gasteiger partial charge in [0.25, 0.3) is 5.91 Å². The average Bonchev–Trinajstić information content (AvgIpc) is 3.21. The fourth-order valence-electron chi connectivity index (χ4n) is 4.68. The Morgan fingerprint density at radius 2 is 1.81 bits per heavy atom. The molecule has 8 nitrogen and oxygen atoms in total. The number of rotatable bonds is 11. The summed E-state index contributed by atoms with van der Waals surface area (Å²) in [6.45, 7) is 4.47. The van der Waals surface area contributed by atoms with Crippen LogP contribution in [0.1, 0.15) is 86.5 Å². The van der Waals surface area contributed by atoms with Crippen LogP contribution in [-0.4, -0.2) is 85.3 Å². The van der Waals surface area contributed by atoms with Gasteiger partial charge >= 0.3 is 35.5 Å². The van der Waals surface area contributed by atoms with Crippen molar-refractivity contribution in [3.8, 4) is 5.69 Å². The molecule has 1 fully saturated rings. The number of hydrogen-bond acceptors (Lipinski definition) is 5. The van der Waals surface area contributed by atoms with Gasteiger partial charge in [-0.05, 0) is 55.0 Å². The molecule has 2 aromatic rings. The van der Waals surface area contributed by atoms with Crippen molar-refractivity contribution in [3.05, 3.63) is 53.1 Å². The van der Waals surface area contributed by atoms with Crippen LogP contribution in [0.3, 0.4) is 0 Å². The van der Waals surface area contributed by atoms with Gasteiger partial charge in [0.1, 0.15) is 5.82 Å². The Balaban J connectivity index is 0.00000481. The maximum absolute atomic E-state index is 13.6. The van der Waals surface area contributed by atoms with Crippen molar-refractivity contribution in [2.75, 3.05) is 6.54 Å². The first-order valence-corrected chi connectivity index (χ1v) is 12.6. The van der Waals surface area contributed by atoms with Crippen LogP contribution in [0.5, 0.6) is 0 Å². The molecule has 198 valence electrons. The molecule has 4 N–H and O–H groups in total. The Morgan fingerprint density at radius 3 is 2.41 bits per heavy atom. The zero-order valence-electron chi connectivity index (χ0n) is 20.9. The van der Waals surface area contributed by atoms with E-state index in [2.05, 4.69) is 10.4 Å². The van der Waals surface area contributed by atoms with Crippen LogP contribution < -0.4 is 5.32 Å². The first-order valence-electron chi connectivity index (χ1n) is 12.6. The summed E-state index contributed by atoms with van der Waals surface area (Å²) < 4.78 is 15.1. The first-order chi connectivity index (χ1) is 17.2. The third-order valence-electron chi connectivity index (χ3n) is 6.50. The van der Waals surface area contributed by atoms with Gasteiger partial charge in [-0.2, -0.15) is 5.10 Å². The van der Waals surface area contributed by atoms with E-state index in [-0.39, 0.29) is 53.5 Å². The van der Waals surface area contributed by atoms with Gasteiger partial charge in [0.15, 0.2) is 5.69 Å². The number of carbonyl (C=O) groups is 2. The van der Waals surface area contributed by atoms with Gasteiger partial charge in [0.05, 0.1) is 30.0 Å². The Bertz CT molecular complexity index is 1060. The molecule has 0 aliphatic heterocycles. The van der Waals surface area contributed by atoms with Crippen LogP contribution >= 0.6 is 0 Å². The van der Waals surface area contributed by atoms with Crippen LogP contribution in [0.2, 0.25) is 0 Å². The van der Waals surface area contributed by atoms with Crippen LogP contribution in [0.25, 0.3) is 11.8 Å². The Morgan fingerprint density at radius 1 is 1.16 bits per heavy atom. The number of aromatic nitrogens is 2. The van der Waals surface area contributed by atoms with Gasteiger partial charge in [-0.3, -0.25) is 9.59 Å². The predicted molar refractivity (Wildman–Crippen MR) is 142 cm³/mol. The molecule has 0 spiro atoms. The third kappa shape index (κ3) is 9.04. The minimum atomic E-state index is -1.20. The number of aliphatic hydroxyl groups is 2. The number of carbonyl (C=O) groups excluding carboxylic acids is 1. The minimum absolute atomic E-state index is 0. The van der Waals surface area contributed by atoms with E-state index in [1.165, 1.54) is 37.5 Å². The van der Waals surface area contributed by atoms with Crippen molar-refractivity contribution >= 4 is 47.5 Å². The number of carboxylic acid groups (broad SMARTS) is 1. The molecule has 0 unspecified atom stereocenters. The fourth-order valence-corrected chi connectivity index (χ4v) is 4.68. The van der Waals surface area contributed by atoms with Crippen LogP contribution in [0.4, 0.5) is 4.39 Å². The van der Waals surface area contributed by atoms with E-state index in [4.69, 9.17) is 5.11 Å². The van der Waals surface area contributed by atoms with E-state index in [1.54, 1.807) is 22.9 Å². The molecule has 1 aromatic heterocycles. The monoisotopic (exact) mass is 525 g/mol. The average molecular weight is 526 g/mol. The Kier molecular flexibility index (Phi) is 12.5. The fraction of sp³-hybridized carbons (Fsp3) is 0.519. The number of halogens is 1. The number of aliphatic carboxylic acids is 1. The number of aliphatic hydroxyl groups excluding tert-OH is 2. The molecule has 1 saturated carbocycles. The van der Waals surface area contributed by atoms with E-state index in [1.807, 2.05) is 13.8 Å². The molecule has 1 amide bonds. The zero-order chi connectivity index (χ0) is 26.2. The Labute approximate surface area is 239 Å². The number of carboxylic acids is 1. The second-order valence-corrected chi connectivity index (χ2v) is 9.82. The number of amides is 1. The maximum atomic E-state index is 13.6. The predicted octanol–water partition coefficient (Wildman–Crippen LogP) is 3.40. The topological polar surface area (TPSA) is 125 Å². The summed E-state index contributed by atoms with van der Waals surface area (Å²) in [5, 5.41) is 36.7. The van der Waals surface area contributed by atoms with Crippen molar-refractivity contribution in [1.82, 2.24) is 15.1 Å². The van der Waals surface area contributed by atoms with Gasteiger partial charge in [0, 0.05) is 18.5 Å². The van der Waals surface area contributed by atoms with Gasteiger partial charge in [-0.15, -0.1) is 0 Å². The van der Waals surface area contributed by atoms with Gasteiger partial charge in [-0.25, -0.2) is 9.07 Å². The molecule has 3 rings (SSSR count). The molecular weight excluding hydrogens is 488 g/mol. The first kappa shape index (κ1) is 31.2. The summed E-state index contributed by atoms with van der Waals surface area (Å²) >= 11 is 0. The van der Waals surface area contributed by atoms with E-state index < -0.39 is 30.4 Å². The van der Waals surface area contributed by atoms with Crippen molar-refractivity contribution < 1.29 is 29.3 Å². The number of nitrogens with zero attached hydrogens (tertiary/aromatic N) is 2. The number of nitrogens with one attached hydrogen (secondary N) is 1. The van der Waals surface area contributed by atoms with Crippen LogP contribution in [0.15, 0.2) is 30.3 Å². The van der Waals surface area contributed by atoms with E-state index in [0.717, 1.165) is 12.8 Å². The molecule has 0 saturated heterocycles. The molecule has 10 heteroatoms. The molecule has 1 aromatic carbocycles. The van der Waals surface area contributed by atoms with Crippen molar-refractivity contribution in [3.63, 3.8) is 0 Å². The second-order valence-electron chi connectivity index (χ2n) is 9.82. The van der Waals surface area contributed by atoms with E-state index >= 15 is 0 Å². The summed E-state index contributed by atoms with van der Waals surface area (Å²) in [4.78, 5) is 24.0. The number of benzene rings is 1. The van der Waals surface area contributed by atoms with E-state index in [0.29, 0.717) is 29.4 Å². The van der Waals surface area contributed by atoms with Gasteiger partial charge < -0.3 is 20.6 Å². The summed E-state index contributed by atoms with van der Waals surface area (Å²) in [5.74, 6) is -1.48. The normalized spacial score (nSPS) is 15.9. The summed E-state index contributed by atoms with van der Waals surface area (Å²) in [5.41, 5.74) is 2.04. The molecule has 1 aliphatic carbocycles. The van der Waals surface area contributed by atoms with Gasteiger partial charge in [-0.1, -0.05) is 39.2 Å². The standard InChI is InChI=1S/C27H36FN3O5.Na.H/c1-17(2)25-23(13-12-21(32)14-22(33)15-24(34)35)31(20-10-8-19(28)9-11-20)30-26(25)27(36)29-16-18-6-4-3-5-7-18;;/h8-13,17-18,21-22,32-33H,3-7,14-16H2,1-2H3,(H,29,36)(H,34,35);;/t21-,22+;;/m0../s1. The molecule has 2 atom stereocenters. The quantitative estimate of drug-likeness (QED) is 0.334. The molecule has 0 bridgehead atoms. The molecule has 37 heavy (non-hydrogen) atoms. The summed E-state index contributed by atoms with van der Waals surface area (Å²) in [7, 11) is 0. The molecule has 1 aliphatic rings. The number of hydrogen-bond donors (Lipinski definition) is 4. The second kappa shape index (κ2) is 14.8. The van der Waals surface area contributed by atoms with Crippen molar-refractivity contribution in [1.29, 1.82) is 0 Å². The van der Waals surface area contributed by atoms with Crippen LogP contribution in [-0.2, 0) is 4.79 Å². The zero-order valence-corrected chi connectivity index (χ0v) is 20.9. The molecular formula is C27H37FN3NaO5. The summed E-state index contributed by atoms with van der Waals surface area (Å²) in [6.07, 6.45) is 5.90. The Hall–Kier alpha value is -2.04. The van der Waals surface area contributed by atoms with Crippen molar-refractivity contribution in [2.45, 2.75) is 76.9 Å². The third-order valence-corrected chi connectivity index (χ3v) is 6.50. The molecule has 0 radical (unpaired) electrons. The van der Waals surface area contributed by atoms with E-state index in [9.17, 15) is 24.2 Å². The van der Waals surface area contributed by atoms with Gasteiger partial charge in [0.2, 0.25) is 0 Å². The van der Waals surface area contributed by atoms with Crippen LogP contribution in [0, 0.1) is 11.7 Å². The molecule has 1 heterocycles. The SMILES string of the molecule is CC(C)c1c(C(=O)NCC2CCCCC2)nn(-c2ccc(F)cc2)c1C=C[C@H](O)C[C@@H](O)CC(=O)O.[NaH]. The van der Waals surface area contributed by atoms with Crippen molar-refractivity contribution in [2.24, 2.45) is 5.92 Å².